The SMILES string of the molecule is [N-]=[N+]=N[C@H](CC1(Cl)CC1)C(=O)O. The van der Waals surface area contributed by atoms with Crippen molar-refractivity contribution in [3.63, 3.8) is 0 Å². The number of halogens is 1. The molecule has 0 aromatic carbocycles. The molecule has 0 radical (unpaired) electrons. The molecule has 0 bridgehead atoms. The van der Waals surface area contributed by atoms with Crippen molar-refractivity contribution in [1.29, 1.82) is 0 Å². The second-order valence-electron chi connectivity index (χ2n) is 2.91. The van der Waals surface area contributed by atoms with Gasteiger partial charge in [-0.25, -0.2) is 0 Å². The smallest absolute Gasteiger partial charge is 0.312 e. The Bertz CT molecular complexity index is 243. The van der Waals surface area contributed by atoms with E-state index in [2.05, 4.69) is 10.0 Å². The third kappa shape index (κ3) is 2.29. The van der Waals surface area contributed by atoms with Crippen LogP contribution in [0.2, 0.25) is 0 Å². The van der Waals surface area contributed by atoms with Crippen LogP contribution < -0.4 is 0 Å². The molecule has 0 spiro atoms. The molecule has 6 heteroatoms. The molecular weight excluding hydrogens is 182 g/mol. The first-order valence-corrected chi connectivity index (χ1v) is 3.91. The van der Waals surface area contributed by atoms with E-state index in [0.717, 1.165) is 12.8 Å². The zero-order valence-corrected chi connectivity index (χ0v) is 7.03. The summed E-state index contributed by atoms with van der Waals surface area (Å²) in [4.78, 5) is 12.5. The summed E-state index contributed by atoms with van der Waals surface area (Å²) in [6.45, 7) is 0. The fraction of sp³-hybridized carbons (Fsp3) is 0.833. The highest BCUT2D eigenvalue weighted by Gasteiger charge is 2.43. The molecule has 0 aliphatic heterocycles. The Morgan fingerprint density at radius 2 is 2.42 bits per heavy atom. The van der Waals surface area contributed by atoms with Crippen LogP contribution >= 0.6 is 11.6 Å². The molecule has 1 aliphatic rings. The maximum absolute atomic E-state index is 10.5. The fourth-order valence-corrected chi connectivity index (χ4v) is 1.17. The molecular formula is C6H8ClN3O2. The van der Waals surface area contributed by atoms with E-state index < -0.39 is 16.9 Å². The lowest BCUT2D eigenvalue weighted by atomic mass is 10.1. The van der Waals surface area contributed by atoms with E-state index in [1.165, 1.54) is 0 Å². The van der Waals surface area contributed by atoms with Gasteiger partial charge < -0.3 is 5.11 Å². The highest BCUT2D eigenvalue weighted by Crippen LogP contribution is 2.46. The number of hydrogen-bond acceptors (Lipinski definition) is 2. The van der Waals surface area contributed by atoms with Crippen molar-refractivity contribution in [2.75, 3.05) is 0 Å². The zero-order valence-electron chi connectivity index (χ0n) is 6.27. The van der Waals surface area contributed by atoms with Crippen LogP contribution in [0.5, 0.6) is 0 Å². The van der Waals surface area contributed by atoms with Gasteiger partial charge in [0.05, 0.1) is 0 Å². The van der Waals surface area contributed by atoms with Crippen LogP contribution in [-0.4, -0.2) is 22.0 Å². The quantitative estimate of drug-likeness (QED) is 0.317. The summed E-state index contributed by atoms with van der Waals surface area (Å²) in [6, 6.07) is -1.02. The molecule has 1 atom stereocenters. The highest BCUT2D eigenvalue weighted by molar-refractivity contribution is 6.26. The standard InChI is InChI=1S/C6H8ClN3O2/c7-6(1-2-6)3-4(5(11)12)9-10-8/h4H,1-3H2,(H,11,12)/t4-/m1/s1. The molecule has 0 saturated heterocycles. The number of nitrogens with zero attached hydrogens (tertiary/aromatic N) is 3. The van der Waals surface area contributed by atoms with Crippen LogP contribution in [0.25, 0.3) is 10.4 Å². The third-order valence-corrected chi connectivity index (χ3v) is 2.36. The average Bonchev–Trinajstić information content (AvgIpc) is 2.67. The number of aliphatic carboxylic acids is 1. The van der Waals surface area contributed by atoms with Crippen LogP contribution in [0.4, 0.5) is 0 Å². The van der Waals surface area contributed by atoms with Gasteiger partial charge in [0.25, 0.3) is 0 Å². The lowest BCUT2D eigenvalue weighted by molar-refractivity contribution is -0.138. The number of rotatable bonds is 4. The van der Waals surface area contributed by atoms with Gasteiger partial charge in [0, 0.05) is 9.79 Å². The van der Waals surface area contributed by atoms with Gasteiger partial charge in [-0.1, -0.05) is 5.11 Å². The van der Waals surface area contributed by atoms with E-state index in [0.29, 0.717) is 0 Å². The van der Waals surface area contributed by atoms with Gasteiger partial charge >= 0.3 is 5.97 Å². The van der Waals surface area contributed by atoms with Gasteiger partial charge in [-0.05, 0) is 24.8 Å². The van der Waals surface area contributed by atoms with Gasteiger partial charge in [-0.15, -0.1) is 11.6 Å². The van der Waals surface area contributed by atoms with Gasteiger partial charge in [0.15, 0.2) is 0 Å². The molecule has 1 fully saturated rings. The molecule has 0 aromatic heterocycles. The Hall–Kier alpha value is -0.930. The third-order valence-electron chi connectivity index (χ3n) is 1.83. The lowest BCUT2D eigenvalue weighted by Crippen LogP contribution is -2.21. The summed E-state index contributed by atoms with van der Waals surface area (Å²) in [5.74, 6) is -1.11. The molecule has 1 aliphatic carbocycles. The number of carboxylic acid groups (broad SMARTS) is 1. The summed E-state index contributed by atoms with van der Waals surface area (Å²) in [5.41, 5.74) is 8.05. The summed E-state index contributed by atoms with van der Waals surface area (Å²) in [7, 11) is 0. The van der Waals surface area contributed by atoms with Crippen LogP contribution in [0, 0.1) is 0 Å². The molecule has 1 rings (SSSR count). The zero-order chi connectivity index (χ0) is 9.19. The van der Waals surface area contributed by atoms with Crippen LogP contribution in [0.15, 0.2) is 5.11 Å². The predicted octanol–water partition coefficient (Wildman–Crippen LogP) is 1.91. The summed E-state index contributed by atoms with van der Waals surface area (Å²) in [5, 5.41) is 11.7. The van der Waals surface area contributed by atoms with Crippen molar-refractivity contribution < 1.29 is 9.90 Å². The van der Waals surface area contributed by atoms with Gasteiger partial charge in [-0.2, -0.15) is 0 Å². The van der Waals surface area contributed by atoms with Crippen molar-refractivity contribution in [3.8, 4) is 0 Å². The molecule has 0 unspecified atom stereocenters. The molecule has 0 amide bonds. The first-order chi connectivity index (χ1) is 5.57. The van der Waals surface area contributed by atoms with Crippen molar-refractivity contribution in [3.05, 3.63) is 10.4 Å². The maximum Gasteiger partial charge on any atom is 0.312 e. The van der Waals surface area contributed by atoms with E-state index in [9.17, 15) is 4.79 Å². The molecule has 1 N–H and O–H groups in total. The number of hydrogen-bond donors (Lipinski definition) is 1. The second-order valence-corrected chi connectivity index (χ2v) is 3.72. The van der Waals surface area contributed by atoms with Crippen molar-refractivity contribution in [2.45, 2.75) is 30.2 Å². The Labute approximate surface area is 74.0 Å². The van der Waals surface area contributed by atoms with E-state index >= 15 is 0 Å². The van der Waals surface area contributed by atoms with Crippen LogP contribution in [0.1, 0.15) is 19.3 Å². The first kappa shape index (κ1) is 9.16. The number of alkyl halides is 1. The maximum atomic E-state index is 10.5. The first-order valence-electron chi connectivity index (χ1n) is 3.53. The Kier molecular flexibility index (Phi) is 2.45. The van der Waals surface area contributed by atoms with Crippen LogP contribution in [-0.2, 0) is 4.79 Å². The normalized spacial score (nSPS) is 20.8. The predicted molar refractivity (Wildman–Crippen MR) is 43.0 cm³/mol. The Balaban J connectivity index is 2.54. The van der Waals surface area contributed by atoms with Gasteiger partial charge in [-0.3, -0.25) is 4.79 Å². The molecule has 0 heterocycles. The van der Waals surface area contributed by atoms with Crippen molar-refractivity contribution in [1.82, 2.24) is 0 Å². The van der Waals surface area contributed by atoms with Crippen molar-refractivity contribution in [2.24, 2.45) is 5.11 Å². The molecule has 1 saturated carbocycles. The summed E-state index contributed by atoms with van der Waals surface area (Å²) < 4.78 is 0. The van der Waals surface area contributed by atoms with E-state index in [1.807, 2.05) is 0 Å². The molecule has 66 valence electrons. The molecule has 12 heavy (non-hydrogen) atoms. The number of azide groups is 1. The van der Waals surface area contributed by atoms with Gasteiger partial charge in [0.2, 0.25) is 0 Å². The average molecular weight is 190 g/mol. The van der Waals surface area contributed by atoms with Crippen LogP contribution in [0.3, 0.4) is 0 Å². The number of carbonyl (C=O) groups is 1. The van der Waals surface area contributed by atoms with E-state index in [4.69, 9.17) is 22.2 Å². The molecule has 5 nitrogen and oxygen atoms in total. The van der Waals surface area contributed by atoms with E-state index in [-0.39, 0.29) is 6.42 Å². The second kappa shape index (κ2) is 3.21. The fourth-order valence-electron chi connectivity index (χ4n) is 0.926. The largest absolute Gasteiger partial charge is 0.481 e. The van der Waals surface area contributed by atoms with Gasteiger partial charge in [0.1, 0.15) is 6.04 Å². The summed E-state index contributed by atoms with van der Waals surface area (Å²) in [6.07, 6.45) is 1.84. The monoisotopic (exact) mass is 189 g/mol. The van der Waals surface area contributed by atoms with Crippen molar-refractivity contribution >= 4 is 17.6 Å². The number of carboxylic acids is 1. The molecule has 0 aromatic rings. The Morgan fingerprint density at radius 1 is 1.83 bits per heavy atom. The highest BCUT2D eigenvalue weighted by atomic mass is 35.5. The van der Waals surface area contributed by atoms with E-state index in [1.54, 1.807) is 0 Å². The lowest BCUT2D eigenvalue weighted by Gasteiger charge is -2.08. The minimum Gasteiger partial charge on any atom is -0.481 e. The minimum absolute atomic E-state index is 0.230. The summed E-state index contributed by atoms with van der Waals surface area (Å²) >= 11 is 5.87. The Morgan fingerprint density at radius 3 is 2.75 bits per heavy atom. The topological polar surface area (TPSA) is 86.1 Å². The minimum atomic E-state index is -1.11.